The summed E-state index contributed by atoms with van der Waals surface area (Å²) >= 11 is 5.50. The molecule has 10 heavy (non-hydrogen) atoms. The van der Waals surface area contributed by atoms with Crippen LogP contribution >= 0.6 is 11.6 Å². The second-order valence-electron chi connectivity index (χ2n) is 2.04. The summed E-state index contributed by atoms with van der Waals surface area (Å²) < 4.78 is 10.1. The predicted molar refractivity (Wildman–Crippen MR) is 42.4 cm³/mol. The summed E-state index contributed by atoms with van der Waals surface area (Å²) in [6, 6.07) is 0. The second kappa shape index (κ2) is 7.32. The van der Waals surface area contributed by atoms with Crippen molar-refractivity contribution in [2.75, 3.05) is 19.6 Å². The molecule has 0 saturated carbocycles. The van der Waals surface area contributed by atoms with Crippen molar-refractivity contribution in [1.82, 2.24) is 0 Å². The molecule has 0 aliphatic rings. The van der Waals surface area contributed by atoms with Gasteiger partial charge in [0.2, 0.25) is 0 Å². The highest BCUT2D eigenvalue weighted by molar-refractivity contribution is 6.18. The Bertz CT molecular complexity index is 64.6. The van der Waals surface area contributed by atoms with Gasteiger partial charge >= 0.3 is 0 Å². The van der Waals surface area contributed by atoms with Crippen LogP contribution in [0.25, 0.3) is 0 Å². The van der Waals surface area contributed by atoms with Crippen molar-refractivity contribution in [1.29, 1.82) is 0 Å². The number of alkyl halides is 1. The Morgan fingerprint density at radius 3 is 2.60 bits per heavy atom. The van der Waals surface area contributed by atoms with Gasteiger partial charge in [-0.2, -0.15) is 0 Å². The molecule has 0 amide bonds. The molecule has 0 aliphatic carbocycles. The zero-order chi connectivity index (χ0) is 7.82. The van der Waals surface area contributed by atoms with E-state index in [0.717, 1.165) is 19.4 Å². The van der Waals surface area contributed by atoms with Gasteiger partial charge in [0.05, 0.1) is 5.88 Å². The van der Waals surface area contributed by atoms with Crippen LogP contribution in [0.5, 0.6) is 0 Å². The number of unbranched alkanes of at least 4 members (excludes halogenated alkanes) is 1. The molecule has 0 aromatic rings. The molecule has 3 heteroatoms. The quantitative estimate of drug-likeness (QED) is 0.342. The van der Waals surface area contributed by atoms with Gasteiger partial charge in [-0.1, -0.05) is 13.3 Å². The lowest BCUT2D eigenvalue weighted by Gasteiger charge is -2.11. The minimum atomic E-state index is -0.229. The third-order valence-corrected chi connectivity index (χ3v) is 1.44. The molecule has 0 N–H and O–H groups in total. The molecule has 2 nitrogen and oxygen atoms in total. The number of hydrogen-bond donors (Lipinski definition) is 0. The highest BCUT2D eigenvalue weighted by Gasteiger charge is 2.02. The lowest BCUT2D eigenvalue weighted by molar-refractivity contribution is -0.108. The lowest BCUT2D eigenvalue weighted by Crippen LogP contribution is -2.17. The molecule has 1 unspecified atom stereocenters. The first-order chi connectivity index (χ1) is 4.85. The molecule has 0 fully saturated rings. The van der Waals surface area contributed by atoms with Crippen molar-refractivity contribution in [2.45, 2.75) is 26.1 Å². The number of rotatable bonds is 6. The van der Waals surface area contributed by atoms with Crippen LogP contribution in [0.15, 0.2) is 0 Å². The van der Waals surface area contributed by atoms with E-state index >= 15 is 0 Å². The van der Waals surface area contributed by atoms with Gasteiger partial charge in [-0.05, 0) is 6.42 Å². The Morgan fingerprint density at radius 1 is 1.50 bits per heavy atom. The number of hydrogen-bond acceptors (Lipinski definition) is 2. The van der Waals surface area contributed by atoms with E-state index in [1.54, 1.807) is 7.11 Å². The second-order valence-corrected chi connectivity index (χ2v) is 2.35. The number of halogens is 1. The highest BCUT2D eigenvalue weighted by atomic mass is 35.5. The zero-order valence-electron chi connectivity index (χ0n) is 6.60. The normalized spacial score (nSPS) is 13.5. The fraction of sp³-hybridized carbons (Fsp3) is 1.00. The van der Waals surface area contributed by atoms with Crippen molar-refractivity contribution in [3.63, 3.8) is 0 Å². The Labute approximate surface area is 67.5 Å². The summed E-state index contributed by atoms with van der Waals surface area (Å²) in [7, 11) is 1.60. The third kappa shape index (κ3) is 5.03. The van der Waals surface area contributed by atoms with E-state index in [1.807, 2.05) is 0 Å². The summed E-state index contributed by atoms with van der Waals surface area (Å²) in [5.41, 5.74) is 0. The Kier molecular flexibility index (Phi) is 7.47. The Hall–Kier alpha value is 0.210. The largest absolute Gasteiger partial charge is 0.355 e. The molecule has 0 bridgehead atoms. The van der Waals surface area contributed by atoms with Gasteiger partial charge in [0.1, 0.15) is 0 Å². The van der Waals surface area contributed by atoms with Crippen molar-refractivity contribution in [3.8, 4) is 0 Å². The molecule has 1 atom stereocenters. The van der Waals surface area contributed by atoms with E-state index < -0.39 is 0 Å². The van der Waals surface area contributed by atoms with E-state index in [9.17, 15) is 0 Å². The molecule has 0 saturated heterocycles. The fourth-order valence-corrected chi connectivity index (χ4v) is 0.750. The molecule has 62 valence electrons. The Morgan fingerprint density at radius 2 is 2.20 bits per heavy atom. The van der Waals surface area contributed by atoms with E-state index in [4.69, 9.17) is 21.1 Å². The van der Waals surface area contributed by atoms with E-state index in [1.165, 1.54) is 0 Å². The molecule has 0 aliphatic heterocycles. The molecule has 0 aromatic carbocycles. The SMILES string of the molecule is CCCCOC(CCl)OC. The molecule has 0 rings (SSSR count). The maximum absolute atomic E-state index is 5.50. The van der Waals surface area contributed by atoms with Crippen LogP contribution in [0, 0.1) is 0 Å². The molecule has 0 spiro atoms. The van der Waals surface area contributed by atoms with Crippen LogP contribution in [0.4, 0.5) is 0 Å². The molecule has 0 heterocycles. The highest BCUT2D eigenvalue weighted by Crippen LogP contribution is 1.98. The summed E-state index contributed by atoms with van der Waals surface area (Å²) in [5, 5.41) is 0. The van der Waals surface area contributed by atoms with Crippen molar-refractivity contribution in [2.24, 2.45) is 0 Å². The van der Waals surface area contributed by atoms with Gasteiger partial charge in [0.15, 0.2) is 6.29 Å². The number of ether oxygens (including phenoxy) is 2. The smallest absolute Gasteiger partial charge is 0.170 e. The van der Waals surface area contributed by atoms with Gasteiger partial charge in [-0.25, -0.2) is 0 Å². The monoisotopic (exact) mass is 166 g/mol. The van der Waals surface area contributed by atoms with Gasteiger partial charge in [0.25, 0.3) is 0 Å². The van der Waals surface area contributed by atoms with E-state index in [2.05, 4.69) is 6.92 Å². The van der Waals surface area contributed by atoms with E-state index in [-0.39, 0.29) is 6.29 Å². The van der Waals surface area contributed by atoms with Crippen LogP contribution < -0.4 is 0 Å². The first-order valence-electron chi connectivity index (χ1n) is 3.55. The zero-order valence-corrected chi connectivity index (χ0v) is 7.36. The summed E-state index contributed by atoms with van der Waals surface area (Å²) in [6.45, 7) is 2.85. The molecule has 0 radical (unpaired) electrons. The maximum atomic E-state index is 5.50. The summed E-state index contributed by atoms with van der Waals surface area (Å²) in [6.07, 6.45) is 1.98. The van der Waals surface area contributed by atoms with Crippen LogP contribution in [0.2, 0.25) is 0 Å². The minimum absolute atomic E-state index is 0.229. The van der Waals surface area contributed by atoms with Crippen LogP contribution in [-0.4, -0.2) is 25.9 Å². The van der Waals surface area contributed by atoms with Crippen LogP contribution in [0.1, 0.15) is 19.8 Å². The molecular weight excluding hydrogens is 152 g/mol. The van der Waals surface area contributed by atoms with Crippen LogP contribution in [-0.2, 0) is 9.47 Å². The average molecular weight is 167 g/mol. The molecular formula is C7H15ClO2. The van der Waals surface area contributed by atoms with Crippen molar-refractivity contribution in [3.05, 3.63) is 0 Å². The predicted octanol–water partition coefficient (Wildman–Crippen LogP) is 2.01. The average Bonchev–Trinajstić information content (AvgIpc) is 1.99. The van der Waals surface area contributed by atoms with Gasteiger partial charge in [-0.15, -0.1) is 11.6 Å². The summed E-state index contributed by atoms with van der Waals surface area (Å²) in [4.78, 5) is 0. The summed E-state index contributed by atoms with van der Waals surface area (Å²) in [5.74, 6) is 0.403. The Balaban J connectivity index is 3.09. The topological polar surface area (TPSA) is 18.5 Å². The van der Waals surface area contributed by atoms with E-state index in [0.29, 0.717) is 5.88 Å². The standard InChI is InChI=1S/C7H15ClO2/c1-3-4-5-10-7(6-8)9-2/h7H,3-6H2,1-2H3. The third-order valence-electron chi connectivity index (χ3n) is 1.19. The number of methoxy groups -OCH3 is 1. The fourth-order valence-electron chi connectivity index (χ4n) is 0.535. The van der Waals surface area contributed by atoms with Crippen molar-refractivity contribution < 1.29 is 9.47 Å². The molecule has 0 aromatic heterocycles. The van der Waals surface area contributed by atoms with Gasteiger partial charge in [0, 0.05) is 13.7 Å². The minimum Gasteiger partial charge on any atom is -0.355 e. The lowest BCUT2D eigenvalue weighted by atomic mass is 10.4. The van der Waals surface area contributed by atoms with Gasteiger partial charge < -0.3 is 9.47 Å². The van der Waals surface area contributed by atoms with Crippen molar-refractivity contribution >= 4 is 11.6 Å². The maximum Gasteiger partial charge on any atom is 0.170 e. The first kappa shape index (κ1) is 10.2. The van der Waals surface area contributed by atoms with Gasteiger partial charge in [-0.3, -0.25) is 0 Å². The first-order valence-corrected chi connectivity index (χ1v) is 4.09. The van der Waals surface area contributed by atoms with Crippen LogP contribution in [0.3, 0.4) is 0 Å².